The molecule has 0 atom stereocenters. The molecule has 0 bridgehead atoms. The molecule has 0 amide bonds. The predicted molar refractivity (Wildman–Crippen MR) is 52.3 cm³/mol. The summed E-state index contributed by atoms with van der Waals surface area (Å²) in [5.74, 6) is 0.827. The van der Waals surface area contributed by atoms with E-state index in [1.807, 2.05) is 37.3 Å². The summed E-state index contributed by atoms with van der Waals surface area (Å²) in [5.41, 5.74) is 2.01. The van der Waals surface area contributed by atoms with Crippen LogP contribution in [0.4, 0.5) is 0 Å². The second-order valence-corrected chi connectivity index (χ2v) is 2.68. The van der Waals surface area contributed by atoms with Crippen LogP contribution in [0.15, 0.2) is 30.3 Å². The zero-order chi connectivity index (χ0) is 9.68. The van der Waals surface area contributed by atoms with Crippen LogP contribution in [0.5, 0.6) is 5.75 Å². The van der Waals surface area contributed by atoms with Crippen molar-refractivity contribution in [3.8, 4) is 11.8 Å². The lowest BCUT2D eigenvalue weighted by molar-refractivity contribution is 0.415. The van der Waals surface area contributed by atoms with Crippen LogP contribution in [0.3, 0.4) is 0 Å². The van der Waals surface area contributed by atoms with Gasteiger partial charge in [0.1, 0.15) is 5.75 Å². The first-order valence-electron chi connectivity index (χ1n) is 3.98. The van der Waals surface area contributed by atoms with E-state index in [2.05, 4.69) is 0 Å². The maximum absolute atomic E-state index is 8.45. The Hall–Kier alpha value is -1.75. The Morgan fingerprint density at radius 2 is 2.00 bits per heavy atom. The highest BCUT2D eigenvalue weighted by atomic mass is 16.5. The molecule has 0 heterocycles. The van der Waals surface area contributed by atoms with Gasteiger partial charge < -0.3 is 4.74 Å². The van der Waals surface area contributed by atoms with Crippen LogP contribution in [0.2, 0.25) is 0 Å². The molecule has 66 valence electrons. The minimum Gasteiger partial charge on any atom is -0.497 e. The second kappa shape index (κ2) is 4.32. The predicted octanol–water partition coefficient (Wildman–Crippen LogP) is 2.62. The van der Waals surface area contributed by atoms with Crippen molar-refractivity contribution >= 4 is 5.57 Å². The van der Waals surface area contributed by atoms with E-state index in [1.165, 1.54) is 6.08 Å². The summed E-state index contributed by atoms with van der Waals surface area (Å²) in [5, 5.41) is 8.45. The maximum atomic E-state index is 8.45. The summed E-state index contributed by atoms with van der Waals surface area (Å²) < 4.78 is 5.02. The van der Waals surface area contributed by atoms with Crippen LogP contribution in [-0.4, -0.2) is 7.11 Å². The lowest BCUT2D eigenvalue weighted by Crippen LogP contribution is -1.83. The molecule has 0 aliphatic heterocycles. The van der Waals surface area contributed by atoms with E-state index in [4.69, 9.17) is 10.00 Å². The fourth-order valence-electron chi connectivity index (χ4n) is 1.03. The Morgan fingerprint density at radius 3 is 2.46 bits per heavy atom. The van der Waals surface area contributed by atoms with Crippen LogP contribution in [0.1, 0.15) is 12.5 Å². The first-order valence-corrected chi connectivity index (χ1v) is 3.98. The molecule has 0 aliphatic rings. The van der Waals surface area contributed by atoms with Gasteiger partial charge in [0.2, 0.25) is 0 Å². The highest BCUT2D eigenvalue weighted by molar-refractivity contribution is 5.66. The average molecular weight is 173 g/mol. The van der Waals surface area contributed by atoms with Gasteiger partial charge in [0.05, 0.1) is 13.2 Å². The third-order valence-corrected chi connectivity index (χ3v) is 1.83. The first kappa shape index (κ1) is 9.34. The molecule has 1 aromatic carbocycles. The summed E-state index contributed by atoms with van der Waals surface area (Å²) in [7, 11) is 1.63. The molecule has 0 aromatic heterocycles. The molecular formula is C11H11NO. The van der Waals surface area contributed by atoms with Crippen molar-refractivity contribution in [2.45, 2.75) is 6.92 Å². The van der Waals surface area contributed by atoms with E-state index in [9.17, 15) is 0 Å². The number of nitrogens with zero attached hydrogens (tertiary/aromatic N) is 1. The molecule has 0 fully saturated rings. The highest BCUT2D eigenvalue weighted by Crippen LogP contribution is 2.17. The minimum atomic E-state index is 0.827. The summed E-state index contributed by atoms with van der Waals surface area (Å²) >= 11 is 0. The molecule has 0 spiro atoms. The van der Waals surface area contributed by atoms with E-state index >= 15 is 0 Å². The van der Waals surface area contributed by atoms with Gasteiger partial charge in [-0.1, -0.05) is 12.1 Å². The van der Waals surface area contributed by atoms with E-state index in [1.54, 1.807) is 7.11 Å². The molecule has 0 N–H and O–H groups in total. The Balaban J connectivity index is 2.94. The van der Waals surface area contributed by atoms with Crippen LogP contribution in [0.25, 0.3) is 5.57 Å². The SMILES string of the molecule is COc1ccc(/C(C)=C/C#N)cc1. The Morgan fingerprint density at radius 1 is 1.38 bits per heavy atom. The molecule has 0 radical (unpaired) electrons. The third-order valence-electron chi connectivity index (χ3n) is 1.83. The first-order chi connectivity index (χ1) is 6.27. The van der Waals surface area contributed by atoms with Crippen molar-refractivity contribution < 1.29 is 4.74 Å². The number of allylic oxidation sites excluding steroid dienone is 2. The molecule has 0 saturated heterocycles. The van der Waals surface area contributed by atoms with Gasteiger partial charge in [-0.2, -0.15) is 5.26 Å². The minimum absolute atomic E-state index is 0.827. The molecule has 1 rings (SSSR count). The van der Waals surface area contributed by atoms with Gasteiger partial charge >= 0.3 is 0 Å². The molecule has 0 saturated carbocycles. The lowest BCUT2D eigenvalue weighted by atomic mass is 10.1. The number of methoxy groups -OCH3 is 1. The fourth-order valence-corrected chi connectivity index (χ4v) is 1.03. The lowest BCUT2D eigenvalue weighted by Gasteiger charge is -2.01. The number of benzene rings is 1. The van der Waals surface area contributed by atoms with Crippen molar-refractivity contribution in [1.29, 1.82) is 5.26 Å². The van der Waals surface area contributed by atoms with Crippen LogP contribution < -0.4 is 4.74 Å². The fraction of sp³-hybridized carbons (Fsp3) is 0.182. The molecule has 2 heteroatoms. The molecule has 0 aliphatic carbocycles. The number of hydrogen-bond acceptors (Lipinski definition) is 2. The largest absolute Gasteiger partial charge is 0.497 e. The topological polar surface area (TPSA) is 33.0 Å². The van der Waals surface area contributed by atoms with Gasteiger partial charge in [-0.05, 0) is 30.2 Å². The van der Waals surface area contributed by atoms with Crippen molar-refractivity contribution in [2.24, 2.45) is 0 Å². The van der Waals surface area contributed by atoms with Gasteiger partial charge in [-0.25, -0.2) is 0 Å². The summed E-state index contributed by atoms with van der Waals surface area (Å²) in [4.78, 5) is 0. The average Bonchev–Trinajstić information content (AvgIpc) is 2.18. The Bertz CT molecular complexity index is 343. The third kappa shape index (κ3) is 2.34. The summed E-state index contributed by atoms with van der Waals surface area (Å²) in [6.45, 7) is 1.91. The molecule has 1 aromatic rings. The number of hydrogen-bond donors (Lipinski definition) is 0. The van der Waals surface area contributed by atoms with Crippen molar-refractivity contribution in [1.82, 2.24) is 0 Å². The Kier molecular flexibility index (Phi) is 3.10. The van der Waals surface area contributed by atoms with E-state index in [0.29, 0.717) is 0 Å². The van der Waals surface area contributed by atoms with Crippen molar-refractivity contribution in [3.63, 3.8) is 0 Å². The monoisotopic (exact) mass is 173 g/mol. The van der Waals surface area contributed by atoms with Crippen LogP contribution >= 0.6 is 0 Å². The van der Waals surface area contributed by atoms with Gasteiger partial charge in [0.15, 0.2) is 0 Å². The normalized spacial score (nSPS) is 10.7. The zero-order valence-electron chi connectivity index (χ0n) is 7.74. The van der Waals surface area contributed by atoms with Gasteiger partial charge in [0.25, 0.3) is 0 Å². The van der Waals surface area contributed by atoms with Crippen molar-refractivity contribution in [3.05, 3.63) is 35.9 Å². The van der Waals surface area contributed by atoms with Gasteiger partial charge in [0, 0.05) is 6.08 Å². The molecule has 0 unspecified atom stereocenters. The van der Waals surface area contributed by atoms with Gasteiger partial charge in [-0.15, -0.1) is 0 Å². The quantitative estimate of drug-likeness (QED) is 0.644. The smallest absolute Gasteiger partial charge is 0.118 e. The second-order valence-electron chi connectivity index (χ2n) is 2.68. The summed E-state index contributed by atoms with van der Waals surface area (Å²) in [6.07, 6.45) is 1.53. The van der Waals surface area contributed by atoms with Crippen LogP contribution in [-0.2, 0) is 0 Å². The van der Waals surface area contributed by atoms with Crippen molar-refractivity contribution in [2.75, 3.05) is 7.11 Å². The van der Waals surface area contributed by atoms with Crippen LogP contribution in [0, 0.1) is 11.3 Å². The Labute approximate surface area is 78.1 Å². The molecule has 2 nitrogen and oxygen atoms in total. The molecular weight excluding hydrogens is 162 g/mol. The van der Waals surface area contributed by atoms with E-state index in [0.717, 1.165) is 16.9 Å². The van der Waals surface area contributed by atoms with E-state index in [-0.39, 0.29) is 0 Å². The molecule has 13 heavy (non-hydrogen) atoms. The van der Waals surface area contributed by atoms with E-state index < -0.39 is 0 Å². The number of ether oxygens (including phenoxy) is 1. The van der Waals surface area contributed by atoms with Gasteiger partial charge in [-0.3, -0.25) is 0 Å². The standard InChI is InChI=1S/C11H11NO/c1-9(7-8-12)10-3-5-11(13-2)6-4-10/h3-7H,1-2H3/b9-7+. The number of rotatable bonds is 2. The maximum Gasteiger partial charge on any atom is 0.118 e. The summed E-state index contributed by atoms with van der Waals surface area (Å²) in [6, 6.07) is 9.62. The number of nitriles is 1. The zero-order valence-corrected chi connectivity index (χ0v) is 7.74. The highest BCUT2D eigenvalue weighted by Gasteiger charge is 1.95.